The monoisotopic (exact) mass is 251 g/mol. The minimum absolute atomic E-state index is 0.439. The first-order chi connectivity index (χ1) is 6.63. The van der Waals surface area contributed by atoms with E-state index in [9.17, 15) is 16.8 Å². The van der Waals surface area contributed by atoms with Crippen molar-refractivity contribution in [3.63, 3.8) is 0 Å². The molecule has 86 valence electrons. The summed E-state index contributed by atoms with van der Waals surface area (Å²) in [4.78, 5) is 0. The zero-order chi connectivity index (χ0) is 11.9. The van der Waals surface area contributed by atoms with Gasteiger partial charge in [-0.15, -0.1) is 0 Å². The molecule has 1 rings (SSSR count). The third-order valence-electron chi connectivity index (χ3n) is 2.69. The van der Waals surface area contributed by atoms with E-state index in [2.05, 4.69) is 0 Å². The molecule has 2 unspecified atom stereocenters. The highest BCUT2D eigenvalue weighted by Gasteiger charge is 2.48. The van der Waals surface area contributed by atoms with Gasteiger partial charge in [0.05, 0.1) is 0 Å². The SMILES string of the molecule is CC1C=CC=CC1(C)S(=O)(=O)S(N)(=O)=O. The zero-order valence-electron chi connectivity index (χ0n) is 8.41. The van der Waals surface area contributed by atoms with Crippen LogP contribution in [0, 0.1) is 5.92 Å². The molecule has 0 aliphatic heterocycles. The van der Waals surface area contributed by atoms with Crippen molar-refractivity contribution in [1.82, 2.24) is 0 Å². The van der Waals surface area contributed by atoms with Gasteiger partial charge < -0.3 is 0 Å². The highest BCUT2D eigenvalue weighted by Crippen LogP contribution is 2.34. The molecule has 0 saturated heterocycles. The lowest BCUT2D eigenvalue weighted by Gasteiger charge is -2.30. The maximum Gasteiger partial charge on any atom is 0.315 e. The van der Waals surface area contributed by atoms with Crippen molar-refractivity contribution in [2.45, 2.75) is 18.6 Å². The average molecular weight is 251 g/mol. The summed E-state index contributed by atoms with van der Waals surface area (Å²) < 4.78 is 44.1. The zero-order valence-corrected chi connectivity index (χ0v) is 10.0. The van der Waals surface area contributed by atoms with Gasteiger partial charge in [0.1, 0.15) is 4.75 Å². The lowest BCUT2D eigenvalue weighted by molar-refractivity contribution is 0.519. The van der Waals surface area contributed by atoms with Gasteiger partial charge >= 0.3 is 9.06 Å². The van der Waals surface area contributed by atoms with Crippen LogP contribution in [-0.2, 0) is 17.9 Å². The van der Waals surface area contributed by atoms with Crippen molar-refractivity contribution in [2.75, 3.05) is 0 Å². The maximum atomic E-state index is 11.7. The first-order valence-electron chi connectivity index (χ1n) is 4.26. The first kappa shape index (κ1) is 12.4. The van der Waals surface area contributed by atoms with Gasteiger partial charge in [0.2, 0.25) is 0 Å². The van der Waals surface area contributed by atoms with E-state index in [0.717, 1.165) is 0 Å². The van der Waals surface area contributed by atoms with Gasteiger partial charge in [-0.3, -0.25) is 0 Å². The van der Waals surface area contributed by atoms with Gasteiger partial charge in [-0.2, -0.15) is 8.42 Å². The predicted octanol–water partition coefficient (Wildman–Crippen LogP) is 0.126. The van der Waals surface area contributed by atoms with E-state index in [1.165, 1.54) is 19.1 Å². The molecule has 0 saturated carbocycles. The van der Waals surface area contributed by atoms with Crippen molar-refractivity contribution in [3.05, 3.63) is 24.3 Å². The summed E-state index contributed by atoms with van der Waals surface area (Å²) in [5.74, 6) is -0.439. The standard InChI is InChI=1S/C8H13NO4S2/c1-7-5-3-4-6-8(7,2)14(10,11)15(9,12)13/h3-7H,1-2H3,(H2,9,12,13). The molecular formula is C8H13NO4S2. The van der Waals surface area contributed by atoms with Crippen LogP contribution in [0.15, 0.2) is 24.3 Å². The van der Waals surface area contributed by atoms with Crippen LogP contribution in [0.5, 0.6) is 0 Å². The molecule has 0 aromatic heterocycles. The van der Waals surface area contributed by atoms with E-state index >= 15 is 0 Å². The van der Waals surface area contributed by atoms with Crippen molar-refractivity contribution < 1.29 is 16.8 Å². The molecule has 1 aliphatic carbocycles. The predicted molar refractivity (Wildman–Crippen MR) is 57.9 cm³/mol. The smallest absolute Gasteiger partial charge is 0.216 e. The molecule has 0 amide bonds. The lowest BCUT2D eigenvalue weighted by Crippen LogP contribution is -2.46. The van der Waals surface area contributed by atoms with Crippen LogP contribution in [0.2, 0.25) is 0 Å². The van der Waals surface area contributed by atoms with Gasteiger partial charge in [0, 0.05) is 0 Å². The molecule has 0 radical (unpaired) electrons. The molecule has 7 heteroatoms. The van der Waals surface area contributed by atoms with Gasteiger partial charge in [0.15, 0.2) is 0 Å². The number of nitrogens with two attached hydrogens (primary N) is 1. The fourth-order valence-corrected chi connectivity index (χ4v) is 4.78. The van der Waals surface area contributed by atoms with E-state index in [0.29, 0.717) is 0 Å². The molecule has 0 spiro atoms. The average Bonchev–Trinajstić information content (AvgIpc) is 2.08. The molecule has 0 aromatic rings. The largest absolute Gasteiger partial charge is 0.315 e. The molecule has 0 aromatic carbocycles. The highest BCUT2D eigenvalue weighted by atomic mass is 33.2. The Bertz CT molecular complexity index is 515. The van der Waals surface area contributed by atoms with E-state index < -0.39 is 28.6 Å². The fraction of sp³-hybridized carbons (Fsp3) is 0.500. The van der Waals surface area contributed by atoms with E-state index in [1.807, 2.05) is 0 Å². The van der Waals surface area contributed by atoms with E-state index in [1.54, 1.807) is 19.1 Å². The Morgan fingerprint density at radius 3 is 2.13 bits per heavy atom. The Kier molecular flexibility index (Phi) is 2.84. The highest BCUT2D eigenvalue weighted by molar-refractivity contribution is 8.66. The van der Waals surface area contributed by atoms with E-state index in [-0.39, 0.29) is 0 Å². The summed E-state index contributed by atoms with van der Waals surface area (Å²) in [6, 6.07) is 0. The Balaban J connectivity index is 3.43. The Morgan fingerprint density at radius 1 is 1.20 bits per heavy atom. The molecule has 5 nitrogen and oxygen atoms in total. The van der Waals surface area contributed by atoms with Crippen molar-refractivity contribution in [1.29, 1.82) is 0 Å². The Labute approximate surface area is 89.0 Å². The molecular weight excluding hydrogens is 238 g/mol. The van der Waals surface area contributed by atoms with Crippen LogP contribution in [-0.4, -0.2) is 21.6 Å². The van der Waals surface area contributed by atoms with Crippen LogP contribution < -0.4 is 5.14 Å². The topological polar surface area (TPSA) is 94.3 Å². The van der Waals surface area contributed by atoms with Crippen LogP contribution >= 0.6 is 0 Å². The van der Waals surface area contributed by atoms with Gasteiger partial charge in [-0.25, -0.2) is 13.6 Å². The van der Waals surface area contributed by atoms with Crippen LogP contribution in [0.1, 0.15) is 13.8 Å². The summed E-state index contributed by atoms with van der Waals surface area (Å²) >= 11 is 0. The molecule has 2 N–H and O–H groups in total. The molecule has 0 fully saturated rings. The van der Waals surface area contributed by atoms with Crippen LogP contribution in [0.25, 0.3) is 0 Å². The molecule has 2 atom stereocenters. The van der Waals surface area contributed by atoms with Crippen molar-refractivity contribution in [2.24, 2.45) is 11.1 Å². The molecule has 15 heavy (non-hydrogen) atoms. The quantitative estimate of drug-likeness (QED) is 0.705. The summed E-state index contributed by atoms with van der Waals surface area (Å²) in [5, 5.41) is 4.72. The number of hydrogen-bond donors (Lipinski definition) is 1. The minimum atomic E-state index is -4.61. The first-order valence-corrected chi connectivity index (χ1v) is 7.81. The summed E-state index contributed by atoms with van der Waals surface area (Å²) in [6.07, 6.45) is 6.15. The lowest BCUT2D eigenvalue weighted by atomic mass is 9.91. The molecule has 0 heterocycles. The third-order valence-corrected chi connectivity index (χ3v) is 7.80. The molecule has 1 aliphatic rings. The van der Waals surface area contributed by atoms with E-state index in [4.69, 9.17) is 5.14 Å². The number of rotatable bonds is 2. The van der Waals surface area contributed by atoms with Crippen molar-refractivity contribution >= 4 is 17.9 Å². The van der Waals surface area contributed by atoms with Gasteiger partial charge in [-0.05, 0) is 12.8 Å². The second-order valence-electron chi connectivity index (χ2n) is 3.66. The van der Waals surface area contributed by atoms with Crippen LogP contribution in [0.4, 0.5) is 0 Å². The fourth-order valence-electron chi connectivity index (χ4n) is 1.38. The second-order valence-corrected chi connectivity index (χ2v) is 9.15. The number of allylic oxidation sites excluding steroid dienone is 3. The summed E-state index contributed by atoms with van der Waals surface area (Å²) in [6.45, 7) is 2.97. The summed E-state index contributed by atoms with van der Waals surface area (Å²) in [7, 11) is -9.04. The van der Waals surface area contributed by atoms with Crippen molar-refractivity contribution in [3.8, 4) is 0 Å². The Hall–Kier alpha value is -0.660. The normalized spacial score (nSPS) is 31.8. The van der Waals surface area contributed by atoms with Gasteiger partial charge in [-0.1, -0.05) is 31.2 Å². The summed E-state index contributed by atoms with van der Waals surface area (Å²) in [5.41, 5.74) is 0. The van der Waals surface area contributed by atoms with Gasteiger partial charge in [0.25, 0.3) is 8.87 Å². The maximum absolute atomic E-state index is 11.7. The molecule has 0 bridgehead atoms. The Morgan fingerprint density at radius 2 is 1.73 bits per heavy atom. The second kappa shape index (κ2) is 3.43. The minimum Gasteiger partial charge on any atom is -0.216 e. The third kappa shape index (κ3) is 1.75. The number of hydrogen-bond acceptors (Lipinski definition) is 4. The van der Waals surface area contributed by atoms with Crippen LogP contribution in [0.3, 0.4) is 0 Å².